The standard InChI is InChI=1S/C35H40O3/c1-4-27(2)25-32(36)22-23-34-28(3)26-33(38-34)21-14-24-37-35(29-15-8-5-9-16-29,30-17-10-6-11-18-30)31-19-12-7-13-20-31/h1,5-13,15-20,27,32-34,36H,3,14,21-26H2,2H3/t27-,32?,33-,34-/m0/s1. The van der Waals surface area contributed by atoms with E-state index in [0.717, 1.165) is 47.9 Å². The molecule has 0 bridgehead atoms. The molecule has 3 heteroatoms. The van der Waals surface area contributed by atoms with Crippen molar-refractivity contribution < 1.29 is 14.6 Å². The van der Waals surface area contributed by atoms with Crippen LogP contribution in [0.2, 0.25) is 0 Å². The van der Waals surface area contributed by atoms with Crippen molar-refractivity contribution in [3.8, 4) is 12.3 Å². The Morgan fingerprint density at radius 2 is 1.47 bits per heavy atom. The second kappa shape index (κ2) is 13.6. The minimum Gasteiger partial charge on any atom is -0.393 e. The van der Waals surface area contributed by atoms with Gasteiger partial charge in [0.15, 0.2) is 0 Å². The molecule has 0 aromatic heterocycles. The molecule has 1 heterocycles. The summed E-state index contributed by atoms with van der Waals surface area (Å²) in [7, 11) is 0. The molecule has 1 fully saturated rings. The number of hydrogen-bond donors (Lipinski definition) is 1. The van der Waals surface area contributed by atoms with Gasteiger partial charge in [0.1, 0.15) is 5.60 Å². The Hall–Kier alpha value is -3.16. The van der Waals surface area contributed by atoms with Gasteiger partial charge in [0.25, 0.3) is 0 Å². The molecule has 0 saturated carbocycles. The maximum atomic E-state index is 10.3. The highest BCUT2D eigenvalue weighted by Gasteiger charge is 2.37. The minimum absolute atomic E-state index is 0.00811. The third-order valence-electron chi connectivity index (χ3n) is 7.50. The summed E-state index contributed by atoms with van der Waals surface area (Å²) in [5.41, 5.74) is 3.76. The third kappa shape index (κ3) is 6.83. The maximum absolute atomic E-state index is 10.3. The molecule has 0 amide bonds. The molecule has 1 aliphatic rings. The smallest absolute Gasteiger partial charge is 0.143 e. The van der Waals surface area contributed by atoms with E-state index in [1.165, 1.54) is 0 Å². The lowest BCUT2D eigenvalue weighted by Crippen LogP contribution is -2.33. The largest absolute Gasteiger partial charge is 0.393 e. The predicted octanol–water partition coefficient (Wildman–Crippen LogP) is 7.29. The zero-order valence-electron chi connectivity index (χ0n) is 22.5. The summed E-state index contributed by atoms with van der Waals surface area (Å²) >= 11 is 0. The number of hydrogen-bond acceptors (Lipinski definition) is 3. The van der Waals surface area contributed by atoms with E-state index < -0.39 is 11.7 Å². The minimum atomic E-state index is -0.696. The van der Waals surface area contributed by atoms with Crippen molar-refractivity contribution in [2.75, 3.05) is 6.61 Å². The molecule has 1 unspecified atom stereocenters. The first-order valence-corrected chi connectivity index (χ1v) is 13.8. The second-order valence-corrected chi connectivity index (χ2v) is 10.4. The number of aliphatic hydroxyl groups excluding tert-OH is 1. The first kappa shape index (κ1) is 27.9. The second-order valence-electron chi connectivity index (χ2n) is 10.4. The highest BCUT2D eigenvalue weighted by atomic mass is 16.5. The fourth-order valence-electron chi connectivity index (χ4n) is 5.49. The Kier molecular flexibility index (Phi) is 9.96. The molecule has 3 aromatic carbocycles. The van der Waals surface area contributed by atoms with Crippen LogP contribution < -0.4 is 0 Å². The predicted molar refractivity (Wildman–Crippen MR) is 155 cm³/mol. The molecule has 38 heavy (non-hydrogen) atoms. The normalized spacial score (nSPS) is 19.1. The van der Waals surface area contributed by atoms with E-state index >= 15 is 0 Å². The highest BCUT2D eigenvalue weighted by molar-refractivity contribution is 5.47. The van der Waals surface area contributed by atoms with Crippen molar-refractivity contribution in [1.82, 2.24) is 0 Å². The number of benzene rings is 3. The first-order chi connectivity index (χ1) is 18.5. The lowest BCUT2D eigenvalue weighted by molar-refractivity contribution is -0.00396. The van der Waals surface area contributed by atoms with E-state index in [2.05, 4.69) is 85.3 Å². The number of terminal acetylenes is 1. The van der Waals surface area contributed by atoms with Gasteiger partial charge in [0.2, 0.25) is 0 Å². The molecule has 0 radical (unpaired) electrons. The quantitative estimate of drug-likeness (QED) is 0.114. The number of rotatable bonds is 13. The highest BCUT2D eigenvalue weighted by Crippen LogP contribution is 2.41. The van der Waals surface area contributed by atoms with E-state index in [-0.39, 0.29) is 18.1 Å². The van der Waals surface area contributed by atoms with E-state index in [1.54, 1.807) is 0 Å². The Bertz CT molecular complexity index is 1070. The lowest BCUT2D eigenvalue weighted by atomic mass is 9.80. The summed E-state index contributed by atoms with van der Waals surface area (Å²) < 4.78 is 13.2. The fourth-order valence-corrected chi connectivity index (χ4v) is 5.49. The molecular weight excluding hydrogens is 468 g/mol. The Morgan fingerprint density at radius 1 is 0.947 bits per heavy atom. The molecule has 1 N–H and O–H groups in total. The summed E-state index contributed by atoms with van der Waals surface area (Å²) in [4.78, 5) is 0. The molecule has 3 aromatic rings. The van der Waals surface area contributed by atoms with Crippen molar-refractivity contribution in [1.29, 1.82) is 0 Å². The fraction of sp³-hybridized carbons (Fsp3) is 0.371. The van der Waals surface area contributed by atoms with Gasteiger partial charge in [0, 0.05) is 12.5 Å². The van der Waals surface area contributed by atoms with E-state index in [0.29, 0.717) is 19.4 Å². The molecule has 4 rings (SSSR count). The van der Waals surface area contributed by atoms with Crippen LogP contribution in [0.1, 0.15) is 62.1 Å². The monoisotopic (exact) mass is 508 g/mol. The van der Waals surface area contributed by atoms with Crippen LogP contribution in [0.3, 0.4) is 0 Å². The molecule has 1 aliphatic heterocycles. The van der Waals surface area contributed by atoms with Crippen LogP contribution >= 0.6 is 0 Å². The molecule has 198 valence electrons. The van der Waals surface area contributed by atoms with Gasteiger partial charge in [-0.15, -0.1) is 12.3 Å². The van der Waals surface area contributed by atoms with Crippen molar-refractivity contribution in [2.24, 2.45) is 5.92 Å². The van der Waals surface area contributed by atoms with Gasteiger partial charge in [-0.3, -0.25) is 0 Å². The van der Waals surface area contributed by atoms with Crippen molar-refractivity contribution >= 4 is 0 Å². The van der Waals surface area contributed by atoms with Crippen LogP contribution in [0.4, 0.5) is 0 Å². The van der Waals surface area contributed by atoms with E-state index in [4.69, 9.17) is 15.9 Å². The van der Waals surface area contributed by atoms with Crippen LogP contribution in [-0.2, 0) is 15.1 Å². The van der Waals surface area contributed by atoms with Crippen LogP contribution in [0.15, 0.2) is 103 Å². The maximum Gasteiger partial charge on any atom is 0.143 e. The first-order valence-electron chi connectivity index (χ1n) is 13.8. The average molecular weight is 509 g/mol. The van der Waals surface area contributed by atoms with Gasteiger partial charge in [-0.05, 0) is 60.8 Å². The lowest BCUT2D eigenvalue weighted by Gasteiger charge is -2.36. The average Bonchev–Trinajstić information content (AvgIpc) is 3.32. The molecular formula is C35H40O3. The summed E-state index contributed by atoms with van der Waals surface area (Å²) in [6.45, 7) is 6.82. The summed E-state index contributed by atoms with van der Waals surface area (Å²) in [5.74, 6) is 2.77. The van der Waals surface area contributed by atoms with Crippen LogP contribution in [0, 0.1) is 18.3 Å². The Balaban J connectivity index is 1.40. The molecule has 0 aliphatic carbocycles. The zero-order valence-corrected chi connectivity index (χ0v) is 22.5. The SMILES string of the molecule is C#C[C@H](C)CC(O)CC[C@@H]1O[C@@H](CCCOC(c2ccccc2)(c2ccccc2)c2ccccc2)CC1=C. The summed E-state index contributed by atoms with van der Waals surface area (Å²) in [6, 6.07) is 31.4. The molecule has 0 spiro atoms. The van der Waals surface area contributed by atoms with Gasteiger partial charge >= 0.3 is 0 Å². The van der Waals surface area contributed by atoms with Gasteiger partial charge < -0.3 is 14.6 Å². The van der Waals surface area contributed by atoms with E-state index in [1.807, 2.05) is 25.1 Å². The van der Waals surface area contributed by atoms with Gasteiger partial charge in [-0.1, -0.05) is 104 Å². The summed E-state index contributed by atoms with van der Waals surface area (Å²) in [5, 5.41) is 10.3. The van der Waals surface area contributed by atoms with Crippen LogP contribution in [-0.4, -0.2) is 30.0 Å². The molecule has 3 nitrogen and oxygen atoms in total. The topological polar surface area (TPSA) is 38.7 Å². The van der Waals surface area contributed by atoms with Gasteiger partial charge in [0.05, 0.1) is 18.3 Å². The van der Waals surface area contributed by atoms with Crippen LogP contribution in [0.25, 0.3) is 0 Å². The third-order valence-corrected chi connectivity index (χ3v) is 7.50. The molecule has 4 atom stereocenters. The van der Waals surface area contributed by atoms with Crippen molar-refractivity contribution in [2.45, 2.75) is 69.4 Å². The zero-order chi connectivity index (χ0) is 26.8. The Morgan fingerprint density at radius 3 is 1.97 bits per heavy atom. The Labute approximate surface area is 228 Å². The number of ether oxygens (including phenoxy) is 2. The van der Waals surface area contributed by atoms with Crippen molar-refractivity contribution in [3.05, 3.63) is 120 Å². The van der Waals surface area contributed by atoms with Gasteiger partial charge in [-0.2, -0.15) is 0 Å². The van der Waals surface area contributed by atoms with Crippen molar-refractivity contribution in [3.63, 3.8) is 0 Å². The molecule has 1 saturated heterocycles. The van der Waals surface area contributed by atoms with Gasteiger partial charge in [-0.25, -0.2) is 0 Å². The van der Waals surface area contributed by atoms with Crippen LogP contribution in [0.5, 0.6) is 0 Å². The van der Waals surface area contributed by atoms with E-state index in [9.17, 15) is 5.11 Å². The summed E-state index contributed by atoms with van der Waals surface area (Å²) in [6.07, 6.45) is 9.93. The number of aliphatic hydroxyl groups is 1.